The minimum atomic E-state index is -0.590. The predicted octanol–water partition coefficient (Wildman–Crippen LogP) is 4.21. The average molecular weight is 384 g/mol. The van der Waals surface area contributed by atoms with E-state index in [1.807, 2.05) is 27.7 Å². The number of phenols is 2. The van der Waals surface area contributed by atoms with Crippen LogP contribution in [0.15, 0.2) is 46.4 Å². The van der Waals surface area contributed by atoms with Gasteiger partial charge in [0.25, 0.3) is 0 Å². The molecule has 150 valence electrons. The molecule has 2 N–H and O–H groups in total. The molecule has 0 radical (unpaired) electrons. The Balaban J connectivity index is 2.28. The van der Waals surface area contributed by atoms with Crippen LogP contribution in [0.2, 0.25) is 0 Å². The van der Waals surface area contributed by atoms with Crippen LogP contribution in [0.1, 0.15) is 38.8 Å². The van der Waals surface area contributed by atoms with Gasteiger partial charge in [-0.2, -0.15) is 0 Å². The Bertz CT molecular complexity index is 813. The highest BCUT2D eigenvalue weighted by Gasteiger charge is 2.36. The molecular formula is C22H28N2O4. The Morgan fingerprint density at radius 2 is 1.07 bits per heavy atom. The van der Waals surface area contributed by atoms with Gasteiger partial charge in [0, 0.05) is 23.6 Å². The molecule has 6 nitrogen and oxygen atoms in total. The van der Waals surface area contributed by atoms with Crippen molar-refractivity contribution in [3.63, 3.8) is 0 Å². The summed E-state index contributed by atoms with van der Waals surface area (Å²) >= 11 is 0. The number of methoxy groups -OCH3 is 2. The summed E-state index contributed by atoms with van der Waals surface area (Å²) < 4.78 is 10.3. The molecule has 0 atom stereocenters. The minimum Gasteiger partial charge on any atom is -0.504 e. The van der Waals surface area contributed by atoms with E-state index in [0.717, 1.165) is 0 Å². The van der Waals surface area contributed by atoms with Crippen molar-refractivity contribution in [2.75, 3.05) is 14.2 Å². The van der Waals surface area contributed by atoms with Crippen LogP contribution in [0.5, 0.6) is 23.0 Å². The summed E-state index contributed by atoms with van der Waals surface area (Å²) in [4.78, 5) is 9.32. The first kappa shape index (κ1) is 21.3. The lowest BCUT2D eigenvalue weighted by Gasteiger charge is -2.35. The number of hydrogen-bond donors (Lipinski definition) is 2. The normalized spacial score (nSPS) is 12.6. The van der Waals surface area contributed by atoms with Crippen LogP contribution in [-0.2, 0) is 0 Å². The molecule has 2 rings (SSSR count). The number of phenolic OH excluding ortho intramolecular Hbond substituents is 2. The zero-order valence-corrected chi connectivity index (χ0v) is 17.2. The van der Waals surface area contributed by atoms with Crippen molar-refractivity contribution in [2.45, 2.75) is 38.8 Å². The van der Waals surface area contributed by atoms with Crippen molar-refractivity contribution in [1.29, 1.82) is 0 Å². The van der Waals surface area contributed by atoms with E-state index < -0.39 is 11.1 Å². The van der Waals surface area contributed by atoms with E-state index in [-0.39, 0.29) is 11.5 Å². The molecule has 0 amide bonds. The van der Waals surface area contributed by atoms with E-state index in [0.29, 0.717) is 22.6 Å². The number of nitrogens with zero attached hydrogens (tertiary/aromatic N) is 2. The maximum absolute atomic E-state index is 10.2. The van der Waals surface area contributed by atoms with Crippen molar-refractivity contribution in [1.82, 2.24) is 0 Å². The molecule has 0 aliphatic rings. The Morgan fingerprint density at radius 1 is 0.714 bits per heavy atom. The molecule has 28 heavy (non-hydrogen) atoms. The lowest BCUT2D eigenvalue weighted by atomic mass is 9.83. The van der Waals surface area contributed by atoms with Crippen molar-refractivity contribution in [3.05, 3.63) is 47.5 Å². The van der Waals surface area contributed by atoms with Crippen molar-refractivity contribution in [3.8, 4) is 23.0 Å². The molecule has 0 aromatic heterocycles. The summed E-state index contributed by atoms with van der Waals surface area (Å²) in [6.45, 7) is 7.85. The molecule has 0 saturated carbocycles. The van der Waals surface area contributed by atoms with Crippen LogP contribution < -0.4 is 9.47 Å². The van der Waals surface area contributed by atoms with Crippen LogP contribution >= 0.6 is 0 Å². The topological polar surface area (TPSA) is 83.6 Å². The van der Waals surface area contributed by atoms with Crippen LogP contribution in [0.4, 0.5) is 0 Å². The molecule has 0 unspecified atom stereocenters. The second kappa shape index (κ2) is 8.33. The molecule has 6 heteroatoms. The third-order valence-electron chi connectivity index (χ3n) is 5.05. The SMILES string of the molecule is COc1cccc(C=NC(C)(C)C(C)(C)N=Cc2cccc(OC)c2O)c1O. The highest BCUT2D eigenvalue weighted by molar-refractivity contribution is 5.86. The van der Waals surface area contributed by atoms with Crippen molar-refractivity contribution >= 4 is 12.4 Å². The molecule has 0 bridgehead atoms. The zero-order chi connectivity index (χ0) is 20.9. The lowest BCUT2D eigenvalue weighted by Crippen LogP contribution is -2.42. The first-order valence-corrected chi connectivity index (χ1v) is 8.95. The largest absolute Gasteiger partial charge is 0.504 e. The van der Waals surface area contributed by atoms with Gasteiger partial charge >= 0.3 is 0 Å². The predicted molar refractivity (Wildman–Crippen MR) is 113 cm³/mol. The van der Waals surface area contributed by atoms with Gasteiger partial charge in [0.2, 0.25) is 0 Å². The van der Waals surface area contributed by atoms with Crippen LogP contribution in [0, 0.1) is 0 Å². The average Bonchev–Trinajstić information content (AvgIpc) is 2.66. The quantitative estimate of drug-likeness (QED) is 0.701. The van der Waals surface area contributed by atoms with E-state index in [1.165, 1.54) is 14.2 Å². The molecule has 0 fully saturated rings. The van der Waals surface area contributed by atoms with Gasteiger partial charge in [-0.15, -0.1) is 0 Å². The second-order valence-electron chi connectivity index (χ2n) is 7.43. The summed E-state index contributed by atoms with van der Waals surface area (Å²) in [5.74, 6) is 0.888. The summed E-state index contributed by atoms with van der Waals surface area (Å²) in [5.41, 5.74) is -0.0450. The molecule has 0 heterocycles. The van der Waals surface area contributed by atoms with Crippen molar-refractivity contribution in [2.24, 2.45) is 9.98 Å². The Labute approximate surface area is 166 Å². The zero-order valence-electron chi connectivity index (χ0n) is 17.2. The van der Waals surface area contributed by atoms with Crippen molar-refractivity contribution < 1.29 is 19.7 Å². The van der Waals surface area contributed by atoms with Gasteiger partial charge in [-0.3, -0.25) is 9.98 Å². The number of aliphatic imine (C=N–C) groups is 2. The van der Waals surface area contributed by atoms with Crippen LogP contribution in [0.25, 0.3) is 0 Å². The summed E-state index contributed by atoms with van der Waals surface area (Å²) in [6, 6.07) is 10.5. The summed E-state index contributed by atoms with van der Waals surface area (Å²) in [5, 5.41) is 20.5. The second-order valence-corrected chi connectivity index (χ2v) is 7.43. The third-order valence-corrected chi connectivity index (χ3v) is 5.05. The fourth-order valence-corrected chi connectivity index (χ4v) is 2.39. The van der Waals surface area contributed by atoms with E-state index in [2.05, 4.69) is 9.98 Å². The van der Waals surface area contributed by atoms with E-state index in [4.69, 9.17) is 9.47 Å². The molecular weight excluding hydrogens is 356 g/mol. The molecule has 0 aliphatic heterocycles. The first-order chi connectivity index (χ1) is 13.1. The van der Waals surface area contributed by atoms with E-state index in [1.54, 1.807) is 48.8 Å². The van der Waals surface area contributed by atoms with Crippen LogP contribution in [-0.4, -0.2) is 47.9 Å². The summed E-state index contributed by atoms with van der Waals surface area (Å²) in [7, 11) is 3.01. The van der Waals surface area contributed by atoms with Gasteiger partial charge < -0.3 is 19.7 Å². The molecule has 0 spiro atoms. The monoisotopic (exact) mass is 384 g/mol. The van der Waals surface area contributed by atoms with E-state index >= 15 is 0 Å². The molecule has 2 aromatic rings. The van der Waals surface area contributed by atoms with Gasteiger partial charge in [-0.25, -0.2) is 0 Å². The van der Waals surface area contributed by atoms with Gasteiger partial charge in [0.05, 0.1) is 25.3 Å². The van der Waals surface area contributed by atoms with Gasteiger partial charge in [-0.1, -0.05) is 12.1 Å². The number of rotatable bonds is 7. The van der Waals surface area contributed by atoms with Gasteiger partial charge in [0.15, 0.2) is 23.0 Å². The van der Waals surface area contributed by atoms with Gasteiger partial charge in [0.1, 0.15) is 0 Å². The minimum absolute atomic E-state index is 0.0483. The molecule has 0 aliphatic carbocycles. The third kappa shape index (κ3) is 4.44. The summed E-state index contributed by atoms with van der Waals surface area (Å²) in [6.07, 6.45) is 3.25. The van der Waals surface area contributed by atoms with Gasteiger partial charge in [-0.05, 0) is 52.0 Å². The highest BCUT2D eigenvalue weighted by Crippen LogP contribution is 2.33. The maximum atomic E-state index is 10.2. The number of hydrogen-bond acceptors (Lipinski definition) is 6. The molecule has 2 aromatic carbocycles. The number of ether oxygens (including phenoxy) is 2. The molecule has 0 saturated heterocycles. The Morgan fingerprint density at radius 3 is 1.39 bits per heavy atom. The smallest absolute Gasteiger partial charge is 0.166 e. The first-order valence-electron chi connectivity index (χ1n) is 8.95. The Kier molecular flexibility index (Phi) is 6.33. The van der Waals surface area contributed by atoms with Crippen LogP contribution in [0.3, 0.4) is 0 Å². The fraction of sp³-hybridized carbons (Fsp3) is 0.364. The highest BCUT2D eigenvalue weighted by atomic mass is 16.5. The number of para-hydroxylation sites is 2. The Hall–Kier alpha value is -3.02. The number of benzene rings is 2. The maximum Gasteiger partial charge on any atom is 0.166 e. The standard InChI is InChI=1S/C22H28N2O4/c1-21(2,23-13-15-9-7-11-17(27-5)19(15)25)22(3,4)24-14-16-10-8-12-18(28-6)20(16)26/h7-14,25-26H,1-6H3. The van der Waals surface area contributed by atoms with E-state index in [9.17, 15) is 10.2 Å². The fourth-order valence-electron chi connectivity index (χ4n) is 2.39. The number of aromatic hydroxyl groups is 2. The lowest BCUT2D eigenvalue weighted by molar-refractivity contribution is 0.317.